The molecule has 2 fully saturated rings. The van der Waals surface area contributed by atoms with Crippen LogP contribution < -0.4 is 0 Å². The summed E-state index contributed by atoms with van der Waals surface area (Å²) in [7, 11) is 0. The van der Waals surface area contributed by atoms with Crippen molar-refractivity contribution in [3.05, 3.63) is 21.7 Å². The summed E-state index contributed by atoms with van der Waals surface area (Å²) >= 11 is 4.64. The van der Waals surface area contributed by atoms with Crippen LogP contribution in [0.25, 0.3) is 6.08 Å². The minimum atomic E-state index is -1.32. The molecular weight excluding hydrogens is 687 g/mol. The Kier molecular flexibility index (Phi) is 14.8. The molecule has 0 radical (unpaired) electrons. The van der Waals surface area contributed by atoms with Crippen molar-refractivity contribution < 1.29 is 43.6 Å². The van der Waals surface area contributed by atoms with E-state index >= 15 is 0 Å². The smallest absolute Gasteiger partial charge is 0.309 e. The van der Waals surface area contributed by atoms with Crippen LogP contribution in [0.5, 0.6) is 0 Å². The number of Topliss-reactive ketones (excluding diaryl/α,β-unsaturated/α-hetero) is 1. The summed E-state index contributed by atoms with van der Waals surface area (Å²) in [5.41, 5.74) is -0.0834. The largest absolute Gasteiger partial charge is 0.481 e. The molecule has 0 aliphatic carbocycles. The summed E-state index contributed by atoms with van der Waals surface area (Å²) in [6, 6.07) is 0. The first-order valence-electron chi connectivity index (χ1n) is 17.1. The van der Waals surface area contributed by atoms with Crippen molar-refractivity contribution in [1.29, 1.82) is 0 Å². The highest BCUT2D eigenvalue weighted by Crippen LogP contribution is 2.45. The lowest BCUT2D eigenvalue weighted by Gasteiger charge is -2.36. The maximum atomic E-state index is 14.0. The van der Waals surface area contributed by atoms with Crippen LogP contribution in [0.2, 0.25) is 0 Å². The SMILES string of the molecule is C/C(=C\c1csc(C)n1)[C@@H]1C[C@@H]2O[C@@]2(C)CCC[C@@H](C)[C@H](OC(=O)CCSC(C)(C)SCCC(=O)O)[C@H](C)C(=O)C(C)(C)[C@H](O)CC(=O)O1. The Morgan fingerprint density at radius 2 is 1.82 bits per heavy atom. The third kappa shape index (κ3) is 12.4. The van der Waals surface area contributed by atoms with E-state index in [0.29, 0.717) is 24.3 Å². The molecule has 7 atom stereocenters. The lowest BCUT2D eigenvalue weighted by atomic mass is 9.72. The molecule has 0 aromatic carbocycles. The molecule has 13 heteroatoms. The Morgan fingerprint density at radius 1 is 1.16 bits per heavy atom. The maximum absolute atomic E-state index is 14.0. The van der Waals surface area contributed by atoms with E-state index in [0.717, 1.165) is 29.1 Å². The number of cyclic esters (lactones) is 1. The molecule has 0 bridgehead atoms. The number of thioether (sulfide) groups is 2. The second kappa shape index (κ2) is 17.5. The molecule has 0 spiro atoms. The van der Waals surface area contributed by atoms with Gasteiger partial charge in [0, 0.05) is 23.3 Å². The number of hydrogen-bond donors (Lipinski definition) is 2. The number of epoxide rings is 1. The number of hydrogen-bond acceptors (Lipinski definition) is 12. The molecule has 0 unspecified atom stereocenters. The standard InChI is InChI=1S/C36H55NO9S3/c1-21-11-10-14-36(9)28(46-36)18-26(22(2)17-25-20-47-24(4)37-25)44-31(42)19-27(38)34(5,6)33(43)23(3)32(21)45-30(41)13-16-49-35(7,8)48-15-12-29(39)40/h17,20-21,23,26-28,32,38H,10-16,18-19H2,1-9H3,(H,39,40)/b22-17+/t21-,23+,26+,27-,28+,32+,36+/m1/s1. The molecule has 0 amide bonds. The fraction of sp³-hybridized carbons (Fsp3) is 0.750. The Bertz CT molecular complexity index is 1360. The van der Waals surface area contributed by atoms with Gasteiger partial charge in [-0.3, -0.25) is 19.2 Å². The van der Waals surface area contributed by atoms with Gasteiger partial charge in [0.1, 0.15) is 18.0 Å². The van der Waals surface area contributed by atoms with Gasteiger partial charge >= 0.3 is 17.9 Å². The fourth-order valence-electron chi connectivity index (χ4n) is 6.29. The van der Waals surface area contributed by atoms with E-state index in [9.17, 15) is 24.3 Å². The molecule has 0 saturated carbocycles. The molecule has 276 valence electrons. The van der Waals surface area contributed by atoms with Crippen molar-refractivity contribution in [3.8, 4) is 0 Å². The lowest BCUT2D eigenvalue weighted by molar-refractivity contribution is -0.160. The predicted octanol–water partition coefficient (Wildman–Crippen LogP) is 7.10. The monoisotopic (exact) mass is 741 g/mol. The van der Waals surface area contributed by atoms with Crippen molar-refractivity contribution in [3.63, 3.8) is 0 Å². The van der Waals surface area contributed by atoms with Gasteiger partial charge in [-0.1, -0.05) is 34.1 Å². The van der Waals surface area contributed by atoms with Crippen molar-refractivity contribution in [1.82, 2.24) is 4.98 Å². The third-order valence-electron chi connectivity index (χ3n) is 9.67. The minimum Gasteiger partial charge on any atom is -0.481 e. The van der Waals surface area contributed by atoms with Gasteiger partial charge in [-0.05, 0) is 65.0 Å². The van der Waals surface area contributed by atoms with Gasteiger partial charge in [-0.25, -0.2) is 4.98 Å². The van der Waals surface area contributed by atoms with Crippen molar-refractivity contribution in [2.24, 2.45) is 17.3 Å². The number of fused-ring (bicyclic) bond motifs is 1. The van der Waals surface area contributed by atoms with E-state index in [2.05, 4.69) is 11.9 Å². The van der Waals surface area contributed by atoms with E-state index < -0.39 is 47.6 Å². The summed E-state index contributed by atoms with van der Waals surface area (Å²) in [6.07, 6.45) is 1.73. The van der Waals surface area contributed by atoms with Crippen LogP contribution in [0.15, 0.2) is 11.0 Å². The number of carbonyl (C=O) groups is 4. The molecule has 2 saturated heterocycles. The maximum Gasteiger partial charge on any atom is 0.309 e. The van der Waals surface area contributed by atoms with Crippen LogP contribution >= 0.6 is 34.9 Å². The molecule has 1 aromatic rings. The Balaban J connectivity index is 1.75. The molecule has 2 aliphatic heterocycles. The second-order valence-electron chi connectivity index (χ2n) is 14.7. The van der Waals surface area contributed by atoms with E-state index in [4.69, 9.17) is 19.3 Å². The number of aliphatic hydroxyl groups excluding tert-OH is 1. The molecule has 2 N–H and O–H groups in total. The highest BCUT2D eigenvalue weighted by atomic mass is 32.2. The van der Waals surface area contributed by atoms with Crippen LogP contribution in [-0.2, 0) is 33.4 Å². The topological polar surface area (TPSA) is 153 Å². The molecule has 1 aromatic heterocycles. The molecule has 2 aliphatic rings. The molecule has 10 nitrogen and oxygen atoms in total. The second-order valence-corrected chi connectivity index (χ2v) is 19.5. The van der Waals surface area contributed by atoms with Crippen LogP contribution in [0.1, 0.15) is 111 Å². The number of ketones is 1. The van der Waals surface area contributed by atoms with E-state index in [1.165, 1.54) is 11.8 Å². The molecule has 3 rings (SSSR count). The lowest BCUT2D eigenvalue weighted by Crippen LogP contribution is -2.47. The van der Waals surface area contributed by atoms with Crippen LogP contribution in [0.3, 0.4) is 0 Å². The number of aryl methyl sites for hydroxylation is 1. The zero-order valence-electron chi connectivity index (χ0n) is 30.4. The molecular formula is C36H55NO9S3. The Morgan fingerprint density at radius 3 is 2.43 bits per heavy atom. The van der Waals surface area contributed by atoms with Gasteiger partial charge in [0.25, 0.3) is 0 Å². The summed E-state index contributed by atoms with van der Waals surface area (Å²) in [4.78, 5) is 55.9. The van der Waals surface area contributed by atoms with Crippen LogP contribution in [-0.4, -0.2) is 84.5 Å². The zero-order valence-corrected chi connectivity index (χ0v) is 32.9. The highest BCUT2D eigenvalue weighted by molar-refractivity contribution is 8.18. The Hall–Kier alpha value is -1.93. The van der Waals surface area contributed by atoms with Gasteiger partial charge in [0.15, 0.2) is 0 Å². The molecule has 3 heterocycles. The number of aliphatic carboxylic acids is 1. The van der Waals surface area contributed by atoms with Crippen LogP contribution in [0, 0.1) is 24.2 Å². The average molecular weight is 742 g/mol. The third-order valence-corrected chi connectivity index (χ3v) is 13.4. The van der Waals surface area contributed by atoms with Crippen molar-refractivity contribution in [2.45, 2.75) is 141 Å². The van der Waals surface area contributed by atoms with Gasteiger partial charge in [-0.2, -0.15) is 0 Å². The predicted molar refractivity (Wildman–Crippen MR) is 196 cm³/mol. The summed E-state index contributed by atoms with van der Waals surface area (Å²) in [5, 5.41) is 23.1. The normalized spacial score (nSPS) is 30.3. The van der Waals surface area contributed by atoms with E-state index in [1.807, 2.05) is 46.1 Å². The summed E-state index contributed by atoms with van der Waals surface area (Å²) < 4.78 is 17.9. The number of aliphatic hydroxyl groups is 1. The Labute approximate surface area is 303 Å². The number of carbonyl (C=O) groups excluding carboxylic acids is 3. The van der Waals surface area contributed by atoms with Crippen LogP contribution in [0.4, 0.5) is 0 Å². The van der Waals surface area contributed by atoms with E-state index in [-0.39, 0.29) is 46.7 Å². The number of nitrogens with zero attached hydrogens (tertiary/aromatic N) is 1. The zero-order chi connectivity index (χ0) is 36.7. The number of carboxylic acids is 1. The number of thiazole rings is 1. The van der Waals surface area contributed by atoms with E-state index in [1.54, 1.807) is 43.9 Å². The first-order valence-corrected chi connectivity index (χ1v) is 20.0. The highest BCUT2D eigenvalue weighted by Gasteiger charge is 2.53. The number of ether oxygens (including phenoxy) is 3. The van der Waals surface area contributed by atoms with Gasteiger partial charge < -0.3 is 24.4 Å². The van der Waals surface area contributed by atoms with Gasteiger partial charge in [0.05, 0.1) is 63.2 Å². The fourth-order valence-corrected chi connectivity index (χ4v) is 9.22. The van der Waals surface area contributed by atoms with Gasteiger partial charge in [-0.15, -0.1) is 34.9 Å². The average Bonchev–Trinajstić information content (AvgIpc) is 3.44. The number of carboxylic acid groups (broad SMARTS) is 1. The summed E-state index contributed by atoms with van der Waals surface area (Å²) in [5.74, 6) is -2.07. The number of esters is 2. The first kappa shape index (κ1) is 41.5. The number of aromatic nitrogens is 1. The number of rotatable bonds is 11. The van der Waals surface area contributed by atoms with Crippen molar-refractivity contribution in [2.75, 3.05) is 11.5 Å². The quantitative estimate of drug-likeness (QED) is 0.135. The minimum absolute atomic E-state index is 0.0749. The first-order chi connectivity index (χ1) is 22.7. The molecule has 49 heavy (non-hydrogen) atoms. The van der Waals surface area contributed by atoms with Gasteiger partial charge in [0.2, 0.25) is 0 Å². The summed E-state index contributed by atoms with van der Waals surface area (Å²) in [6.45, 7) is 16.8. The van der Waals surface area contributed by atoms with Crippen molar-refractivity contribution >= 4 is 64.6 Å².